The Morgan fingerprint density at radius 1 is 1.48 bits per heavy atom. The number of aromatic amines is 1. The second-order valence-electron chi connectivity index (χ2n) is 6.30. The van der Waals surface area contributed by atoms with E-state index in [0.29, 0.717) is 23.1 Å². The number of hydrogen-bond acceptors (Lipinski definition) is 5. The number of rotatable bonds is 4. The third kappa shape index (κ3) is 4.34. The molecular formula is C16H21Cl2FN4O2. The highest BCUT2D eigenvalue weighted by molar-refractivity contribution is 6.33. The van der Waals surface area contributed by atoms with Gasteiger partial charge >= 0.3 is 5.76 Å². The highest BCUT2D eigenvalue weighted by atomic mass is 35.5. The monoisotopic (exact) mass is 390 g/mol. The summed E-state index contributed by atoms with van der Waals surface area (Å²) in [4.78, 5) is 11.1. The van der Waals surface area contributed by atoms with Gasteiger partial charge in [0.05, 0.1) is 10.7 Å². The van der Waals surface area contributed by atoms with Gasteiger partial charge in [-0.3, -0.25) is 0 Å². The first-order chi connectivity index (χ1) is 11.5. The van der Waals surface area contributed by atoms with E-state index >= 15 is 0 Å². The van der Waals surface area contributed by atoms with Crippen LogP contribution in [0, 0.1) is 17.7 Å². The third-order valence-electron chi connectivity index (χ3n) is 4.59. The molecule has 3 rings (SSSR count). The molecule has 1 aromatic heterocycles. The zero-order chi connectivity index (χ0) is 17.3. The summed E-state index contributed by atoms with van der Waals surface area (Å²) in [7, 11) is 0. The van der Waals surface area contributed by atoms with Crippen molar-refractivity contribution in [3.63, 3.8) is 0 Å². The largest absolute Gasteiger partial charge is 0.434 e. The summed E-state index contributed by atoms with van der Waals surface area (Å²) in [6.45, 7) is 6.22. The summed E-state index contributed by atoms with van der Waals surface area (Å²) < 4.78 is 19.1. The van der Waals surface area contributed by atoms with Crippen molar-refractivity contribution < 1.29 is 8.81 Å². The number of piperidine rings is 1. The fraction of sp³-hybridized carbons (Fsp3) is 0.500. The van der Waals surface area contributed by atoms with Gasteiger partial charge in [0.1, 0.15) is 5.82 Å². The highest BCUT2D eigenvalue weighted by Gasteiger charge is 2.27. The molecule has 0 bridgehead atoms. The third-order valence-corrected chi connectivity index (χ3v) is 4.97. The van der Waals surface area contributed by atoms with Gasteiger partial charge < -0.3 is 15.1 Å². The molecule has 25 heavy (non-hydrogen) atoms. The molecule has 1 aliphatic heterocycles. The smallest absolute Gasteiger partial charge is 0.388 e. The Kier molecular flexibility index (Phi) is 6.48. The molecule has 0 amide bonds. The van der Waals surface area contributed by atoms with Crippen LogP contribution in [0.4, 0.5) is 10.1 Å². The zero-order valence-electron chi connectivity index (χ0n) is 13.9. The van der Waals surface area contributed by atoms with Crippen LogP contribution in [0.25, 0.3) is 11.5 Å². The summed E-state index contributed by atoms with van der Waals surface area (Å²) in [5.41, 5.74) is 0.818. The molecule has 3 N–H and O–H groups in total. The molecule has 0 aliphatic carbocycles. The van der Waals surface area contributed by atoms with Crippen LogP contribution in [-0.2, 0) is 0 Å². The van der Waals surface area contributed by atoms with Crippen LogP contribution in [0.2, 0.25) is 5.02 Å². The molecule has 1 aromatic carbocycles. The number of anilines is 1. The lowest BCUT2D eigenvalue weighted by Crippen LogP contribution is -2.42. The Morgan fingerprint density at radius 2 is 2.24 bits per heavy atom. The average molecular weight is 391 g/mol. The Morgan fingerprint density at radius 3 is 2.88 bits per heavy atom. The number of nitrogens with zero attached hydrogens (tertiary/aromatic N) is 1. The molecule has 1 aliphatic rings. The van der Waals surface area contributed by atoms with Crippen molar-refractivity contribution in [3.05, 3.63) is 33.5 Å². The van der Waals surface area contributed by atoms with Crippen LogP contribution in [0.15, 0.2) is 21.3 Å². The summed E-state index contributed by atoms with van der Waals surface area (Å²) in [5, 5.41) is 12.6. The first-order valence-electron chi connectivity index (χ1n) is 7.98. The van der Waals surface area contributed by atoms with Crippen LogP contribution in [0.5, 0.6) is 0 Å². The summed E-state index contributed by atoms with van der Waals surface area (Å²) in [5.74, 6) is -0.282. The Labute approximate surface area is 155 Å². The first-order valence-corrected chi connectivity index (χ1v) is 8.35. The molecule has 0 unspecified atom stereocenters. The lowest BCUT2D eigenvalue weighted by molar-refractivity contribution is 0.250. The summed E-state index contributed by atoms with van der Waals surface area (Å²) >= 11 is 6.11. The van der Waals surface area contributed by atoms with E-state index in [0.717, 1.165) is 19.5 Å². The Balaban J connectivity index is 0.00000225. The van der Waals surface area contributed by atoms with Crippen LogP contribution >= 0.6 is 24.0 Å². The molecule has 2 heterocycles. The number of aromatic nitrogens is 2. The molecule has 6 nitrogen and oxygen atoms in total. The predicted molar refractivity (Wildman–Crippen MR) is 98.0 cm³/mol. The molecule has 0 spiro atoms. The Hall–Kier alpha value is -1.57. The van der Waals surface area contributed by atoms with Gasteiger partial charge in [-0.05, 0) is 50.4 Å². The van der Waals surface area contributed by atoms with Crippen LogP contribution in [0.3, 0.4) is 0 Å². The van der Waals surface area contributed by atoms with Gasteiger partial charge in [0, 0.05) is 11.6 Å². The van der Waals surface area contributed by atoms with E-state index in [9.17, 15) is 9.18 Å². The van der Waals surface area contributed by atoms with Gasteiger partial charge in [-0.25, -0.2) is 14.3 Å². The molecule has 0 radical (unpaired) electrons. The van der Waals surface area contributed by atoms with Crippen molar-refractivity contribution in [2.75, 3.05) is 18.4 Å². The lowest BCUT2D eigenvalue weighted by Gasteiger charge is -2.35. The van der Waals surface area contributed by atoms with E-state index < -0.39 is 11.6 Å². The van der Waals surface area contributed by atoms with E-state index in [4.69, 9.17) is 16.0 Å². The second kappa shape index (κ2) is 8.21. The minimum absolute atomic E-state index is 0. The van der Waals surface area contributed by atoms with E-state index in [-0.39, 0.29) is 29.4 Å². The maximum Gasteiger partial charge on any atom is 0.434 e. The first kappa shape index (κ1) is 19.8. The van der Waals surface area contributed by atoms with Crippen LogP contribution < -0.4 is 16.4 Å². The maximum atomic E-state index is 14.2. The van der Waals surface area contributed by atoms with E-state index in [1.54, 1.807) is 6.07 Å². The highest BCUT2D eigenvalue weighted by Crippen LogP contribution is 2.33. The van der Waals surface area contributed by atoms with E-state index in [1.165, 1.54) is 6.07 Å². The zero-order valence-corrected chi connectivity index (χ0v) is 15.5. The quantitative estimate of drug-likeness (QED) is 0.745. The fourth-order valence-electron chi connectivity index (χ4n) is 3.30. The standard InChI is InChI=1S/C16H20ClFN4O2.ClH/c1-8-7-19-4-3-11(8)9(2)20-13-6-10(5-12(18)14(13)17)15-21-22-16(23)24-15;/h5-6,8-9,11,19-20H,3-4,7H2,1-2H3,(H,22,23);1H/t8-,9+,11+;/m1./s1. The van der Waals surface area contributed by atoms with E-state index in [1.807, 2.05) is 0 Å². The van der Waals surface area contributed by atoms with Gasteiger partial charge in [0.25, 0.3) is 0 Å². The molecule has 0 saturated carbocycles. The maximum absolute atomic E-state index is 14.2. The number of benzene rings is 1. The van der Waals surface area contributed by atoms with Gasteiger partial charge in [-0.15, -0.1) is 17.5 Å². The minimum atomic E-state index is -0.688. The van der Waals surface area contributed by atoms with Gasteiger partial charge in [0.15, 0.2) is 0 Å². The molecular weight excluding hydrogens is 370 g/mol. The fourth-order valence-corrected chi connectivity index (χ4v) is 3.46. The number of H-pyrrole nitrogens is 1. The summed E-state index contributed by atoms with van der Waals surface area (Å²) in [6.07, 6.45) is 1.05. The van der Waals surface area contributed by atoms with Crippen molar-refractivity contribution in [2.24, 2.45) is 11.8 Å². The molecule has 1 fully saturated rings. The molecule has 2 aromatic rings. The topological polar surface area (TPSA) is 83.0 Å². The molecule has 138 valence electrons. The molecule has 9 heteroatoms. The molecule has 1 saturated heterocycles. The van der Waals surface area contributed by atoms with Gasteiger partial charge in [-0.1, -0.05) is 18.5 Å². The van der Waals surface area contributed by atoms with Crippen molar-refractivity contribution >= 4 is 29.7 Å². The normalized spacial score (nSPS) is 21.4. The van der Waals surface area contributed by atoms with Gasteiger partial charge in [0.2, 0.25) is 5.89 Å². The minimum Gasteiger partial charge on any atom is -0.388 e. The summed E-state index contributed by atoms with van der Waals surface area (Å²) in [6, 6.07) is 2.97. The lowest BCUT2D eigenvalue weighted by atomic mass is 9.82. The van der Waals surface area contributed by atoms with Gasteiger partial charge in [-0.2, -0.15) is 0 Å². The van der Waals surface area contributed by atoms with Crippen molar-refractivity contribution in [3.8, 4) is 11.5 Å². The predicted octanol–water partition coefficient (Wildman–Crippen LogP) is 3.29. The van der Waals surface area contributed by atoms with Crippen molar-refractivity contribution in [1.29, 1.82) is 0 Å². The molecule has 3 atom stereocenters. The average Bonchev–Trinajstić information content (AvgIpc) is 2.98. The number of halogens is 3. The number of nitrogens with one attached hydrogen (secondary N) is 3. The Bertz CT molecular complexity index is 780. The van der Waals surface area contributed by atoms with Crippen molar-refractivity contribution in [2.45, 2.75) is 26.3 Å². The second-order valence-corrected chi connectivity index (χ2v) is 6.68. The van der Waals surface area contributed by atoms with Crippen molar-refractivity contribution in [1.82, 2.24) is 15.5 Å². The number of hydrogen-bond donors (Lipinski definition) is 3. The van der Waals surface area contributed by atoms with Crippen LogP contribution in [0.1, 0.15) is 20.3 Å². The van der Waals surface area contributed by atoms with Crippen LogP contribution in [-0.4, -0.2) is 29.3 Å². The van der Waals surface area contributed by atoms with E-state index in [2.05, 4.69) is 34.7 Å². The SMILES string of the molecule is C[C@@H]1CNCC[C@@H]1[C@H](C)Nc1cc(-c2n[nH]c(=O)o2)cc(F)c1Cl.Cl.